The molecule has 0 aliphatic carbocycles. The van der Waals surface area contributed by atoms with E-state index in [2.05, 4.69) is 5.32 Å². The number of piperidine rings is 1. The molecule has 0 radical (unpaired) electrons. The predicted octanol–water partition coefficient (Wildman–Crippen LogP) is 0.128. The van der Waals surface area contributed by atoms with Gasteiger partial charge in [-0.15, -0.1) is 0 Å². The number of benzene rings is 1. The summed E-state index contributed by atoms with van der Waals surface area (Å²) < 4.78 is 0. The third-order valence-corrected chi connectivity index (χ3v) is 4.45. The van der Waals surface area contributed by atoms with Crippen LogP contribution in [0.25, 0.3) is 0 Å². The van der Waals surface area contributed by atoms with Crippen LogP contribution in [0.15, 0.2) is 24.3 Å². The summed E-state index contributed by atoms with van der Waals surface area (Å²) in [7, 11) is 0. The van der Waals surface area contributed by atoms with Crippen molar-refractivity contribution >= 4 is 11.8 Å². The number of rotatable bonds is 6. The van der Waals surface area contributed by atoms with Crippen LogP contribution in [-0.4, -0.2) is 52.6 Å². The number of amides is 2. The van der Waals surface area contributed by atoms with Gasteiger partial charge in [-0.05, 0) is 50.6 Å². The first-order valence-electron chi connectivity index (χ1n) is 8.15. The van der Waals surface area contributed by atoms with Crippen molar-refractivity contribution < 1.29 is 19.8 Å². The molecule has 132 valence electrons. The van der Waals surface area contributed by atoms with Crippen molar-refractivity contribution in [3.05, 3.63) is 29.8 Å². The molecule has 1 heterocycles. The lowest BCUT2D eigenvalue weighted by molar-refractivity contribution is -0.125. The fraction of sp³-hybridized carbons (Fsp3) is 0.529. The molecule has 0 spiro atoms. The van der Waals surface area contributed by atoms with Crippen molar-refractivity contribution in [2.45, 2.75) is 31.9 Å². The minimum absolute atomic E-state index is 0.0976. The van der Waals surface area contributed by atoms with Crippen LogP contribution in [0.1, 0.15) is 31.4 Å². The molecule has 0 saturated carbocycles. The molecule has 2 atom stereocenters. The minimum Gasteiger partial charge on any atom is -0.508 e. The number of nitrogens with two attached hydrogens (primary N) is 1. The normalized spacial score (nSPS) is 18.8. The maximum absolute atomic E-state index is 12.1. The fourth-order valence-corrected chi connectivity index (χ4v) is 2.92. The Morgan fingerprint density at radius 3 is 2.42 bits per heavy atom. The molecule has 1 saturated heterocycles. The maximum atomic E-state index is 12.1. The van der Waals surface area contributed by atoms with Gasteiger partial charge in [-0.3, -0.25) is 14.5 Å². The Morgan fingerprint density at radius 2 is 1.88 bits per heavy atom. The smallest absolute Gasteiger partial charge is 0.234 e. The molecule has 1 aromatic rings. The molecule has 0 aromatic heterocycles. The van der Waals surface area contributed by atoms with Crippen LogP contribution in [0.4, 0.5) is 0 Å². The number of hydrogen-bond acceptors (Lipinski definition) is 5. The van der Waals surface area contributed by atoms with E-state index in [0.717, 1.165) is 0 Å². The first-order chi connectivity index (χ1) is 11.4. The van der Waals surface area contributed by atoms with E-state index in [4.69, 9.17) is 5.73 Å². The molecule has 2 rings (SSSR count). The van der Waals surface area contributed by atoms with E-state index < -0.39 is 12.1 Å². The van der Waals surface area contributed by atoms with Gasteiger partial charge in [-0.25, -0.2) is 0 Å². The Balaban J connectivity index is 1.79. The Labute approximate surface area is 141 Å². The zero-order chi connectivity index (χ0) is 17.7. The van der Waals surface area contributed by atoms with Gasteiger partial charge in [0.25, 0.3) is 0 Å². The number of aliphatic hydroxyl groups is 1. The van der Waals surface area contributed by atoms with Crippen molar-refractivity contribution in [3.63, 3.8) is 0 Å². The second-order valence-corrected chi connectivity index (χ2v) is 6.35. The minimum atomic E-state index is -0.852. The topological polar surface area (TPSA) is 116 Å². The summed E-state index contributed by atoms with van der Waals surface area (Å²) in [6, 6.07) is 5.78. The van der Waals surface area contributed by atoms with E-state index in [0.29, 0.717) is 31.5 Å². The van der Waals surface area contributed by atoms with Gasteiger partial charge >= 0.3 is 0 Å². The lowest BCUT2D eigenvalue weighted by Gasteiger charge is -2.30. The number of carbonyl (C=O) groups excluding carboxylic acids is 2. The van der Waals surface area contributed by atoms with Crippen molar-refractivity contribution in [2.24, 2.45) is 11.7 Å². The molecule has 1 aliphatic heterocycles. The average molecular weight is 335 g/mol. The predicted molar refractivity (Wildman–Crippen MR) is 89.0 cm³/mol. The van der Waals surface area contributed by atoms with Crippen LogP contribution in [0.3, 0.4) is 0 Å². The van der Waals surface area contributed by atoms with Crippen molar-refractivity contribution in [1.29, 1.82) is 0 Å². The third-order valence-electron chi connectivity index (χ3n) is 4.45. The van der Waals surface area contributed by atoms with E-state index in [-0.39, 0.29) is 30.0 Å². The summed E-state index contributed by atoms with van der Waals surface area (Å²) in [6.07, 6.45) is 0.498. The lowest BCUT2D eigenvalue weighted by atomic mass is 9.96. The number of aliphatic hydroxyl groups excluding tert-OH is 1. The lowest BCUT2D eigenvalue weighted by Crippen LogP contribution is -2.46. The number of phenolic OH excluding ortho intramolecular Hbond substituents is 1. The van der Waals surface area contributed by atoms with Gasteiger partial charge in [-0.2, -0.15) is 0 Å². The third kappa shape index (κ3) is 4.94. The SMILES string of the molecule is C[C@@H](NC(=O)CN1CCC(C(N)=O)CC1)[C@@H](O)c1ccc(O)cc1. The molecule has 7 heteroatoms. The number of nitrogens with one attached hydrogen (secondary N) is 1. The van der Waals surface area contributed by atoms with Gasteiger partial charge in [0.2, 0.25) is 11.8 Å². The molecule has 24 heavy (non-hydrogen) atoms. The van der Waals surface area contributed by atoms with Crippen LogP contribution < -0.4 is 11.1 Å². The molecule has 2 amide bonds. The number of likely N-dealkylation sites (tertiary alicyclic amines) is 1. The summed E-state index contributed by atoms with van der Waals surface area (Å²) in [5.74, 6) is -0.413. The highest BCUT2D eigenvalue weighted by Crippen LogP contribution is 2.20. The van der Waals surface area contributed by atoms with Crippen molar-refractivity contribution in [3.8, 4) is 5.75 Å². The quantitative estimate of drug-likeness (QED) is 0.590. The summed E-state index contributed by atoms with van der Waals surface area (Å²) >= 11 is 0. The van der Waals surface area contributed by atoms with Crippen molar-refractivity contribution in [1.82, 2.24) is 10.2 Å². The monoisotopic (exact) mass is 335 g/mol. The van der Waals surface area contributed by atoms with Gasteiger partial charge in [0.05, 0.1) is 18.7 Å². The van der Waals surface area contributed by atoms with Gasteiger partial charge in [-0.1, -0.05) is 12.1 Å². The highest BCUT2D eigenvalue weighted by molar-refractivity contribution is 5.79. The number of phenols is 1. The summed E-state index contributed by atoms with van der Waals surface area (Å²) in [4.78, 5) is 25.3. The fourth-order valence-electron chi connectivity index (χ4n) is 2.92. The molecule has 7 nitrogen and oxygen atoms in total. The van der Waals surface area contributed by atoms with E-state index in [9.17, 15) is 19.8 Å². The average Bonchev–Trinajstić information content (AvgIpc) is 2.55. The van der Waals surface area contributed by atoms with Crippen molar-refractivity contribution in [2.75, 3.05) is 19.6 Å². The number of primary amides is 1. The standard InChI is InChI=1S/C17H25N3O4/c1-11(16(23)12-2-4-14(21)5-3-12)19-15(22)10-20-8-6-13(7-9-20)17(18)24/h2-5,11,13,16,21,23H,6-10H2,1H3,(H2,18,24)(H,19,22)/t11-,16-/m1/s1. The van der Waals surface area contributed by atoms with Gasteiger partial charge in [0.1, 0.15) is 5.75 Å². The first-order valence-corrected chi connectivity index (χ1v) is 8.15. The molecule has 0 bridgehead atoms. The summed E-state index contributed by atoms with van der Waals surface area (Å²) in [6.45, 7) is 3.29. The van der Waals surface area contributed by atoms with Gasteiger partial charge < -0.3 is 21.3 Å². The van der Waals surface area contributed by atoms with E-state index in [1.54, 1.807) is 19.1 Å². The van der Waals surface area contributed by atoms with Crippen LogP contribution in [0, 0.1) is 5.92 Å². The Bertz CT molecular complexity index is 568. The van der Waals surface area contributed by atoms with Crippen LogP contribution in [-0.2, 0) is 9.59 Å². The molecular weight excluding hydrogens is 310 g/mol. The van der Waals surface area contributed by atoms with Gasteiger partial charge in [0.15, 0.2) is 0 Å². The molecular formula is C17H25N3O4. The second-order valence-electron chi connectivity index (χ2n) is 6.35. The number of carbonyl (C=O) groups is 2. The summed E-state index contributed by atoms with van der Waals surface area (Å²) in [5, 5.41) is 22.3. The van der Waals surface area contributed by atoms with E-state index in [1.807, 2.05) is 4.90 Å². The maximum Gasteiger partial charge on any atom is 0.234 e. The molecule has 0 unspecified atom stereocenters. The second kappa shape index (κ2) is 8.12. The van der Waals surface area contributed by atoms with Crippen LogP contribution >= 0.6 is 0 Å². The van der Waals surface area contributed by atoms with E-state index in [1.165, 1.54) is 12.1 Å². The molecule has 1 aromatic carbocycles. The van der Waals surface area contributed by atoms with Gasteiger partial charge in [0, 0.05) is 5.92 Å². The Hall–Kier alpha value is -2.12. The Morgan fingerprint density at radius 1 is 1.29 bits per heavy atom. The number of aromatic hydroxyl groups is 1. The first kappa shape index (κ1) is 18.2. The molecule has 5 N–H and O–H groups in total. The van der Waals surface area contributed by atoms with Crippen LogP contribution in [0.5, 0.6) is 5.75 Å². The number of nitrogens with zero attached hydrogens (tertiary/aromatic N) is 1. The number of hydrogen-bond donors (Lipinski definition) is 4. The zero-order valence-corrected chi connectivity index (χ0v) is 13.8. The summed E-state index contributed by atoms with van der Waals surface area (Å²) in [5.41, 5.74) is 5.93. The highest BCUT2D eigenvalue weighted by atomic mass is 16.3. The Kier molecular flexibility index (Phi) is 6.16. The zero-order valence-electron chi connectivity index (χ0n) is 13.8. The van der Waals surface area contributed by atoms with Crippen LogP contribution in [0.2, 0.25) is 0 Å². The molecule has 1 aliphatic rings. The van der Waals surface area contributed by atoms with E-state index >= 15 is 0 Å². The molecule has 1 fully saturated rings. The largest absolute Gasteiger partial charge is 0.508 e. The highest BCUT2D eigenvalue weighted by Gasteiger charge is 2.25.